The fourth-order valence-electron chi connectivity index (χ4n) is 4.06. The molecule has 0 spiro atoms. The number of allylic oxidation sites excluding steroid dienone is 5. The Hall–Kier alpha value is -2.72. The van der Waals surface area contributed by atoms with Crippen molar-refractivity contribution in [3.8, 4) is 0 Å². The van der Waals surface area contributed by atoms with E-state index in [4.69, 9.17) is 5.11 Å². The third-order valence-corrected chi connectivity index (χ3v) is 6.02. The van der Waals surface area contributed by atoms with Crippen LogP contribution in [0.1, 0.15) is 81.8 Å². The zero-order valence-electron chi connectivity index (χ0n) is 21.4. The number of unbranched alkanes of at least 4 members (excludes halogenated alkanes) is 6. The molecule has 2 aromatic rings. The smallest absolute Gasteiger partial charge is 0.183 e. The molecule has 1 N–H and O–H groups in total. The molecule has 2 heterocycles. The molecule has 0 saturated carbocycles. The SMILES string of the molecule is [O-][n+]1cccc(CCCCC/C=C/CC[n+]2cccc(CCC/C=C\CCC/C=C/CCO)c2)c1. The maximum absolute atomic E-state index is 11.3. The van der Waals surface area contributed by atoms with Gasteiger partial charge in [-0.15, -0.1) is 0 Å². The maximum atomic E-state index is 11.3. The van der Waals surface area contributed by atoms with Gasteiger partial charge in [0.15, 0.2) is 31.3 Å². The molecule has 35 heavy (non-hydrogen) atoms. The Labute approximate surface area is 212 Å². The zero-order chi connectivity index (χ0) is 24.8. The monoisotopic (exact) mass is 477 g/mol. The minimum Gasteiger partial charge on any atom is -0.619 e. The first-order valence-corrected chi connectivity index (χ1v) is 13.5. The van der Waals surface area contributed by atoms with Crippen molar-refractivity contribution in [1.29, 1.82) is 0 Å². The molecule has 2 rings (SSSR count). The molecule has 0 aliphatic carbocycles. The maximum Gasteiger partial charge on any atom is 0.183 e. The quantitative estimate of drug-likeness (QED) is 0.111. The minimum atomic E-state index is 0.248. The number of aliphatic hydroxyl groups is 1. The lowest BCUT2D eigenvalue weighted by atomic mass is 10.1. The van der Waals surface area contributed by atoms with Gasteiger partial charge in [0.25, 0.3) is 0 Å². The van der Waals surface area contributed by atoms with Gasteiger partial charge in [0.2, 0.25) is 0 Å². The highest BCUT2D eigenvalue weighted by Crippen LogP contribution is 2.07. The van der Waals surface area contributed by atoms with Crippen molar-refractivity contribution >= 4 is 0 Å². The molecule has 2 aromatic heterocycles. The van der Waals surface area contributed by atoms with Crippen molar-refractivity contribution in [2.75, 3.05) is 6.61 Å². The molecular formula is C31H45N2O2+. The van der Waals surface area contributed by atoms with Crippen LogP contribution in [0.3, 0.4) is 0 Å². The first-order chi connectivity index (χ1) is 17.3. The van der Waals surface area contributed by atoms with E-state index >= 15 is 0 Å². The molecule has 0 atom stereocenters. The molecule has 4 heteroatoms. The largest absolute Gasteiger partial charge is 0.619 e. The van der Waals surface area contributed by atoms with Crippen LogP contribution in [-0.2, 0) is 19.4 Å². The normalized spacial score (nSPS) is 11.9. The van der Waals surface area contributed by atoms with Gasteiger partial charge < -0.3 is 10.3 Å². The molecule has 0 bridgehead atoms. The van der Waals surface area contributed by atoms with Crippen molar-refractivity contribution in [3.05, 3.63) is 102 Å². The second kappa shape index (κ2) is 19.6. The van der Waals surface area contributed by atoms with Gasteiger partial charge >= 0.3 is 0 Å². The van der Waals surface area contributed by atoms with Gasteiger partial charge in [-0.1, -0.05) is 42.9 Å². The number of rotatable bonds is 19. The van der Waals surface area contributed by atoms with E-state index in [2.05, 4.69) is 65.5 Å². The Morgan fingerprint density at radius 3 is 1.97 bits per heavy atom. The summed E-state index contributed by atoms with van der Waals surface area (Å²) in [7, 11) is 0. The van der Waals surface area contributed by atoms with Crippen molar-refractivity contribution in [3.63, 3.8) is 0 Å². The number of aromatic nitrogens is 2. The highest BCUT2D eigenvalue weighted by atomic mass is 16.5. The highest BCUT2D eigenvalue weighted by Gasteiger charge is 2.02. The molecule has 0 unspecified atom stereocenters. The molecule has 4 nitrogen and oxygen atoms in total. The summed E-state index contributed by atoms with van der Waals surface area (Å²) >= 11 is 0. The molecule has 0 aromatic carbocycles. The summed E-state index contributed by atoms with van der Waals surface area (Å²) in [5, 5.41) is 20.0. The standard InChI is InChI=1S/C31H45N2O2/c34-27-17-13-9-4-2-1-3-6-10-14-20-30-22-18-25-32(28-30)24-16-12-8-5-7-11-15-21-31-23-19-26-33(35)29-31/h3,6,8-9,12-13,18-19,22-23,25-26,28-29,34H,1-2,4-5,7,10-11,14-17,20-21,24,27H2/q+1/b6-3-,12-8+,13-9+. The van der Waals surface area contributed by atoms with Crippen LogP contribution >= 0.6 is 0 Å². The van der Waals surface area contributed by atoms with Crippen molar-refractivity contribution in [2.45, 2.75) is 90.0 Å². The zero-order valence-corrected chi connectivity index (χ0v) is 21.4. The molecule has 0 radical (unpaired) electrons. The molecule has 0 fully saturated rings. The fourth-order valence-corrected chi connectivity index (χ4v) is 4.06. The van der Waals surface area contributed by atoms with Crippen molar-refractivity contribution in [2.24, 2.45) is 0 Å². The van der Waals surface area contributed by atoms with Gasteiger partial charge in [0.1, 0.15) is 0 Å². The Morgan fingerprint density at radius 2 is 1.23 bits per heavy atom. The lowest BCUT2D eigenvalue weighted by Gasteiger charge is -2.01. The third-order valence-electron chi connectivity index (χ3n) is 6.02. The minimum absolute atomic E-state index is 0.248. The molecule has 0 saturated heterocycles. The van der Waals surface area contributed by atoms with Crippen LogP contribution < -0.4 is 9.30 Å². The van der Waals surface area contributed by atoms with Gasteiger partial charge in [-0.05, 0) is 82.8 Å². The predicted octanol–water partition coefficient (Wildman–Crippen LogP) is 6.34. The third kappa shape index (κ3) is 15.0. The Bertz CT molecular complexity index is 889. The Balaban J connectivity index is 1.49. The highest BCUT2D eigenvalue weighted by molar-refractivity contribution is 5.06. The fraction of sp³-hybridized carbons (Fsp3) is 0.484. The second-order valence-corrected chi connectivity index (χ2v) is 9.16. The van der Waals surface area contributed by atoms with Crippen molar-refractivity contribution < 1.29 is 14.4 Å². The molecular weight excluding hydrogens is 432 g/mol. The molecule has 0 amide bonds. The van der Waals surface area contributed by atoms with Crippen LogP contribution in [0.5, 0.6) is 0 Å². The number of hydrogen-bond donors (Lipinski definition) is 1. The topological polar surface area (TPSA) is 51.0 Å². The second-order valence-electron chi connectivity index (χ2n) is 9.16. The Kier molecular flexibility index (Phi) is 15.9. The summed E-state index contributed by atoms with van der Waals surface area (Å²) in [6.45, 7) is 1.28. The van der Waals surface area contributed by atoms with Crippen LogP contribution in [0, 0.1) is 5.21 Å². The van der Waals surface area contributed by atoms with E-state index < -0.39 is 0 Å². The van der Waals surface area contributed by atoms with E-state index in [1.54, 1.807) is 6.20 Å². The molecule has 0 aliphatic rings. The average molecular weight is 478 g/mol. The Morgan fingerprint density at radius 1 is 0.629 bits per heavy atom. The van der Waals surface area contributed by atoms with E-state index in [1.807, 2.05) is 12.1 Å². The number of aryl methyl sites for hydroxylation is 3. The van der Waals surface area contributed by atoms with Gasteiger partial charge in [0.05, 0.1) is 0 Å². The van der Waals surface area contributed by atoms with E-state index in [-0.39, 0.29) is 6.61 Å². The first-order valence-electron chi connectivity index (χ1n) is 13.5. The van der Waals surface area contributed by atoms with Crippen LogP contribution in [-0.4, -0.2) is 11.7 Å². The number of aliphatic hydroxyl groups excluding tert-OH is 1. The molecule has 0 aliphatic heterocycles. The summed E-state index contributed by atoms with van der Waals surface area (Å²) in [6.07, 6.45) is 35.6. The van der Waals surface area contributed by atoms with Gasteiger partial charge in [-0.3, -0.25) is 0 Å². The van der Waals surface area contributed by atoms with Gasteiger partial charge in [0, 0.05) is 36.3 Å². The summed E-state index contributed by atoms with van der Waals surface area (Å²) in [4.78, 5) is 0. The van der Waals surface area contributed by atoms with E-state index in [0.29, 0.717) is 0 Å². The van der Waals surface area contributed by atoms with Crippen molar-refractivity contribution in [1.82, 2.24) is 0 Å². The number of pyridine rings is 2. The summed E-state index contributed by atoms with van der Waals surface area (Å²) < 4.78 is 3.19. The lowest BCUT2D eigenvalue weighted by Crippen LogP contribution is -2.32. The van der Waals surface area contributed by atoms with Crippen LogP contribution in [0.25, 0.3) is 0 Å². The van der Waals surface area contributed by atoms with Gasteiger partial charge in [-0.25, -0.2) is 4.57 Å². The summed E-state index contributed by atoms with van der Waals surface area (Å²) in [5.74, 6) is 0. The van der Waals surface area contributed by atoms with E-state index in [0.717, 1.165) is 74.6 Å². The van der Waals surface area contributed by atoms with Crippen LogP contribution in [0.2, 0.25) is 0 Å². The van der Waals surface area contributed by atoms with E-state index in [1.165, 1.54) is 37.4 Å². The van der Waals surface area contributed by atoms with Gasteiger partial charge in [-0.2, -0.15) is 4.73 Å². The van der Waals surface area contributed by atoms with Crippen LogP contribution in [0.15, 0.2) is 85.5 Å². The van der Waals surface area contributed by atoms with Crippen LogP contribution in [0.4, 0.5) is 0 Å². The summed E-state index contributed by atoms with van der Waals surface area (Å²) in [5.41, 5.74) is 2.54. The lowest BCUT2D eigenvalue weighted by molar-refractivity contribution is -0.696. The summed E-state index contributed by atoms with van der Waals surface area (Å²) in [6, 6.07) is 8.26. The number of hydrogen-bond acceptors (Lipinski definition) is 2. The van der Waals surface area contributed by atoms with E-state index in [9.17, 15) is 5.21 Å². The number of nitrogens with zero attached hydrogens (tertiary/aromatic N) is 2. The average Bonchev–Trinajstić information content (AvgIpc) is 2.86. The first kappa shape index (κ1) is 28.5. The predicted molar refractivity (Wildman–Crippen MR) is 145 cm³/mol. The molecule has 190 valence electrons.